The number of nitrogens with zero attached hydrogens (tertiary/aromatic N) is 1. The highest BCUT2D eigenvalue weighted by Gasteiger charge is 2.14. The number of hydrogen-bond acceptors (Lipinski definition) is 7. The molecule has 0 radical (unpaired) electrons. The van der Waals surface area contributed by atoms with E-state index in [2.05, 4.69) is 36.7 Å². The largest absolute Gasteiger partial charge is 0.378 e. The summed E-state index contributed by atoms with van der Waals surface area (Å²) in [7, 11) is 0. The van der Waals surface area contributed by atoms with Crippen LogP contribution in [0.2, 0.25) is 0 Å². The summed E-state index contributed by atoms with van der Waals surface area (Å²) in [6.45, 7) is 16.4. The Labute approximate surface area is 188 Å². The van der Waals surface area contributed by atoms with E-state index in [0.717, 1.165) is 19.4 Å². The second-order valence-corrected chi connectivity index (χ2v) is 8.42. The fraction of sp³-hybridized carbons (Fsp3) is 0.909. The van der Waals surface area contributed by atoms with Gasteiger partial charge in [0.1, 0.15) is 0 Å². The van der Waals surface area contributed by atoms with E-state index >= 15 is 0 Å². The zero-order valence-electron chi connectivity index (χ0n) is 20.4. The molecule has 0 aliphatic rings. The molecule has 0 heterocycles. The van der Waals surface area contributed by atoms with Gasteiger partial charge in [0, 0.05) is 31.7 Å². The summed E-state index contributed by atoms with van der Waals surface area (Å²) < 4.78 is 16.6. The van der Waals surface area contributed by atoms with E-state index in [4.69, 9.17) is 14.2 Å². The van der Waals surface area contributed by atoms with Crippen molar-refractivity contribution in [2.24, 2.45) is 0 Å². The molecule has 9 nitrogen and oxygen atoms in total. The Morgan fingerprint density at radius 1 is 0.710 bits per heavy atom. The van der Waals surface area contributed by atoms with E-state index in [0.29, 0.717) is 59.3 Å². The molecule has 0 aliphatic carbocycles. The van der Waals surface area contributed by atoms with Crippen molar-refractivity contribution in [2.45, 2.75) is 53.0 Å². The van der Waals surface area contributed by atoms with Crippen molar-refractivity contribution < 1.29 is 23.8 Å². The Hall–Kier alpha value is -1.26. The molecule has 0 aliphatic heterocycles. The van der Waals surface area contributed by atoms with Crippen LogP contribution in [-0.4, -0.2) is 101 Å². The van der Waals surface area contributed by atoms with Gasteiger partial charge in [-0.05, 0) is 33.6 Å². The van der Waals surface area contributed by atoms with Crippen molar-refractivity contribution in [2.75, 3.05) is 78.9 Å². The van der Waals surface area contributed by atoms with Gasteiger partial charge in [-0.3, -0.25) is 14.5 Å². The molecule has 9 heteroatoms. The molecule has 2 amide bonds. The number of carbonyl (C=O) groups excluding carboxylic acids is 2. The lowest BCUT2D eigenvalue weighted by molar-refractivity contribution is -0.125. The lowest BCUT2D eigenvalue weighted by atomic mass is 10.1. The molecule has 0 atom stereocenters. The van der Waals surface area contributed by atoms with Gasteiger partial charge in [-0.15, -0.1) is 0 Å². The Balaban J connectivity index is 3.87. The topological polar surface area (TPSA) is 101 Å². The fourth-order valence-electron chi connectivity index (χ4n) is 2.49. The van der Waals surface area contributed by atoms with E-state index in [1.807, 2.05) is 13.8 Å². The van der Waals surface area contributed by atoms with Crippen LogP contribution in [0.5, 0.6) is 0 Å². The van der Waals surface area contributed by atoms with Gasteiger partial charge in [0.15, 0.2) is 0 Å². The summed E-state index contributed by atoms with van der Waals surface area (Å²) in [5.41, 5.74) is 0.103. The minimum absolute atomic E-state index is 0.0776. The Morgan fingerprint density at radius 2 is 1.16 bits per heavy atom. The number of ether oxygens (including phenoxy) is 3. The molecule has 0 unspecified atom stereocenters. The van der Waals surface area contributed by atoms with Crippen molar-refractivity contribution in [3.8, 4) is 0 Å². The summed E-state index contributed by atoms with van der Waals surface area (Å²) in [6, 6.07) is 0. The van der Waals surface area contributed by atoms with Gasteiger partial charge in [0.05, 0.1) is 52.7 Å². The zero-order chi connectivity index (χ0) is 23.4. The number of nitrogens with one attached hydrogen (secondary N) is 3. The second kappa shape index (κ2) is 19.4. The molecule has 0 aromatic heterocycles. The highest BCUT2D eigenvalue weighted by Crippen LogP contribution is 1.96. The molecule has 0 fully saturated rings. The van der Waals surface area contributed by atoms with Gasteiger partial charge < -0.3 is 30.2 Å². The molecular weight excluding hydrogens is 400 g/mol. The van der Waals surface area contributed by atoms with E-state index in [9.17, 15) is 9.59 Å². The second-order valence-electron chi connectivity index (χ2n) is 8.42. The Morgan fingerprint density at radius 3 is 1.61 bits per heavy atom. The van der Waals surface area contributed by atoms with Crippen LogP contribution in [0.1, 0.15) is 47.5 Å². The third-order valence-electron chi connectivity index (χ3n) is 4.08. The zero-order valence-corrected chi connectivity index (χ0v) is 20.4. The van der Waals surface area contributed by atoms with Gasteiger partial charge in [0.25, 0.3) is 0 Å². The lowest BCUT2D eigenvalue weighted by Gasteiger charge is -2.21. The Bertz CT molecular complexity index is 436. The maximum absolute atomic E-state index is 12.0. The SMILES string of the molecule is CCCNC(=O)CN(CCOCCOCCOCCNC(C)(C)C)CC(=O)NCCC. The first-order valence-corrected chi connectivity index (χ1v) is 11.5. The Kier molecular flexibility index (Phi) is 18.6. The smallest absolute Gasteiger partial charge is 0.234 e. The summed E-state index contributed by atoms with van der Waals surface area (Å²) in [5, 5.41) is 9.04. The molecule has 0 aromatic carbocycles. The summed E-state index contributed by atoms with van der Waals surface area (Å²) in [6.07, 6.45) is 1.76. The van der Waals surface area contributed by atoms with Crippen molar-refractivity contribution in [1.82, 2.24) is 20.9 Å². The summed E-state index contributed by atoms with van der Waals surface area (Å²) >= 11 is 0. The molecule has 0 aromatic rings. The third kappa shape index (κ3) is 21.7. The monoisotopic (exact) mass is 446 g/mol. The van der Waals surface area contributed by atoms with Crippen LogP contribution < -0.4 is 16.0 Å². The summed E-state index contributed by atoms with van der Waals surface area (Å²) in [4.78, 5) is 25.8. The van der Waals surface area contributed by atoms with Gasteiger partial charge in [0.2, 0.25) is 11.8 Å². The summed E-state index contributed by atoms with van der Waals surface area (Å²) in [5.74, 6) is -0.155. The highest BCUT2D eigenvalue weighted by molar-refractivity contribution is 5.81. The van der Waals surface area contributed by atoms with Crippen LogP contribution in [0.25, 0.3) is 0 Å². The molecule has 0 spiro atoms. The quantitative estimate of drug-likeness (QED) is 0.238. The van der Waals surface area contributed by atoms with Crippen molar-refractivity contribution >= 4 is 11.8 Å². The fourth-order valence-corrected chi connectivity index (χ4v) is 2.49. The maximum Gasteiger partial charge on any atom is 0.234 e. The van der Waals surface area contributed by atoms with Crippen molar-refractivity contribution in [3.63, 3.8) is 0 Å². The van der Waals surface area contributed by atoms with Gasteiger partial charge in [-0.2, -0.15) is 0 Å². The first-order valence-electron chi connectivity index (χ1n) is 11.5. The molecule has 184 valence electrons. The van der Waals surface area contributed by atoms with Gasteiger partial charge in [-0.1, -0.05) is 13.8 Å². The number of carbonyl (C=O) groups is 2. The first-order chi connectivity index (χ1) is 14.8. The molecule has 3 N–H and O–H groups in total. The van der Waals surface area contributed by atoms with Crippen molar-refractivity contribution in [3.05, 3.63) is 0 Å². The van der Waals surface area contributed by atoms with Gasteiger partial charge >= 0.3 is 0 Å². The third-order valence-corrected chi connectivity index (χ3v) is 4.08. The molecular formula is C22H46N4O5. The van der Waals surface area contributed by atoms with Crippen LogP contribution >= 0.6 is 0 Å². The molecule has 0 saturated carbocycles. The maximum atomic E-state index is 12.0. The van der Waals surface area contributed by atoms with Crippen LogP contribution in [0.15, 0.2) is 0 Å². The average Bonchev–Trinajstić information content (AvgIpc) is 2.70. The van der Waals surface area contributed by atoms with Crippen molar-refractivity contribution in [1.29, 1.82) is 0 Å². The lowest BCUT2D eigenvalue weighted by Crippen LogP contribution is -2.44. The minimum atomic E-state index is -0.0776. The van der Waals surface area contributed by atoms with E-state index < -0.39 is 0 Å². The predicted molar refractivity (Wildman–Crippen MR) is 123 cm³/mol. The highest BCUT2D eigenvalue weighted by atomic mass is 16.5. The van der Waals surface area contributed by atoms with Crippen LogP contribution in [0, 0.1) is 0 Å². The van der Waals surface area contributed by atoms with E-state index in [1.165, 1.54) is 0 Å². The normalized spacial score (nSPS) is 11.7. The molecule has 0 rings (SSSR count). The predicted octanol–water partition coefficient (Wildman–Crippen LogP) is 0.779. The van der Waals surface area contributed by atoms with Crippen LogP contribution in [0.4, 0.5) is 0 Å². The van der Waals surface area contributed by atoms with Gasteiger partial charge in [-0.25, -0.2) is 0 Å². The number of hydrogen-bond donors (Lipinski definition) is 3. The van der Waals surface area contributed by atoms with Crippen LogP contribution in [-0.2, 0) is 23.8 Å². The minimum Gasteiger partial charge on any atom is -0.378 e. The molecule has 31 heavy (non-hydrogen) atoms. The van der Waals surface area contributed by atoms with Crippen LogP contribution in [0.3, 0.4) is 0 Å². The first kappa shape index (κ1) is 29.7. The number of amides is 2. The average molecular weight is 447 g/mol. The van der Waals surface area contributed by atoms with E-state index in [1.54, 1.807) is 4.90 Å². The number of rotatable bonds is 20. The standard InChI is InChI=1S/C22H46N4O5/c1-6-8-23-20(27)18-26(19-21(28)24-9-7-2)11-13-30-15-17-31-16-14-29-12-10-25-22(3,4)5/h25H,6-19H2,1-5H3,(H,23,27)(H,24,28). The molecule has 0 bridgehead atoms. The molecule has 0 saturated heterocycles. The van der Waals surface area contributed by atoms with E-state index in [-0.39, 0.29) is 30.4 Å².